The van der Waals surface area contributed by atoms with Crippen molar-refractivity contribution in [2.45, 2.75) is 25.0 Å². The molecule has 0 saturated carbocycles. The van der Waals surface area contributed by atoms with Crippen molar-refractivity contribution in [2.75, 3.05) is 26.4 Å². The van der Waals surface area contributed by atoms with Gasteiger partial charge in [-0.05, 0) is 25.0 Å². The topological polar surface area (TPSA) is 47.9 Å². The van der Waals surface area contributed by atoms with Gasteiger partial charge in [0.2, 0.25) is 0 Å². The van der Waals surface area contributed by atoms with E-state index in [4.69, 9.17) is 37.4 Å². The maximum absolute atomic E-state index is 9.86. The number of para-hydroxylation sites is 1. The summed E-state index contributed by atoms with van der Waals surface area (Å²) >= 11 is 12.0. The number of rotatable bonds is 6. The van der Waals surface area contributed by atoms with Crippen LogP contribution < -0.4 is 4.74 Å². The number of aliphatic hydroxyl groups is 1. The van der Waals surface area contributed by atoms with Crippen LogP contribution in [-0.4, -0.2) is 43.7 Å². The monoisotopic (exact) mass is 320 g/mol. The van der Waals surface area contributed by atoms with E-state index >= 15 is 0 Å². The number of aliphatic hydroxyl groups excluding tert-OH is 1. The second kappa shape index (κ2) is 8.05. The summed E-state index contributed by atoms with van der Waals surface area (Å²) in [6.07, 6.45) is 1.17. The molecule has 1 N–H and O–H groups in total. The molecule has 1 aromatic rings. The Kier molecular flexibility index (Phi) is 6.39. The van der Waals surface area contributed by atoms with Gasteiger partial charge in [0, 0.05) is 13.2 Å². The fourth-order valence-electron chi connectivity index (χ4n) is 1.94. The van der Waals surface area contributed by atoms with Crippen molar-refractivity contribution in [3.05, 3.63) is 28.2 Å². The first-order valence-electron chi connectivity index (χ1n) is 6.61. The van der Waals surface area contributed by atoms with Crippen molar-refractivity contribution in [2.24, 2.45) is 0 Å². The Morgan fingerprint density at radius 3 is 2.50 bits per heavy atom. The molecule has 6 heteroatoms. The number of ether oxygens (including phenoxy) is 3. The lowest BCUT2D eigenvalue weighted by Crippen LogP contribution is -2.30. The molecular weight excluding hydrogens is 303 g/mol. The molecule has 1 heterocycles. The molecule has 0 amide bonds. The predicted octanol–water partition coefficient (Wildman–Crippen LogP) is 2.93. The Morgan fingerprint density at radius 1 is 1.20 bits per heavy atom. The van der Waals surface area contributed by atoms with Gasteiger partial charge in [-0.3, -0.25) is 0 Å². The summed E-state index contributed by atoms with van der Waals surface area (Å²) in [5.74, 6) is 0.390. The molecule has 20 heavy (non-hydrogen) atoms. The van der Waals surface area contributed by atoms with Crippen molar-refractivity contribution in [1.29, 1.82) is 0 Å². The van der Waals surface area contributed by atoms with Gasteiger partial charge in [-0.1, -0.05) is 29.3 Å². The van der Waals surface area contributed by atoms with E-state index in [1.807, 2.05) is 0 Å². The molecule has 0 bridgehead atoms. The van der Waals surface area contributed by atoms with Crippen LogP contribution in [0, 0.1) is 0 Å². The van der Waals surface area contributed by atoms with E-state index in [0.29, 0.717) is 29.0 Å². The number of benzene rings is 1. The summed E-state index contributed by atoms with van der Waals surface area (Å²) in [7, 11) is 0. The van der Waals surface area contributed by atoms with Crippen molar-refractivity contribution >= 4 is 23.2 Å². The molecule has 1 fully saturated rings. The molecule has 0 spiro atoms. The van der Waals surface area contributed by atoms with Crippen LogP contribution in [0.1, 0.15) is 12.8 Å². The van der Waals surface area contributed by atoms with Crippen LogP contribution in [0.25, 0.3) is 0 Å². The largest absolute Gasteiger partial charge is 0.488 e. The van der Waals surface area contributed by atoms with Crippen molar-refractivity contribution in [3.8, 4) is 5.75 Å². The van der Waals surface area contributed by atoms with Crippen LogP contribution in [0.3, 0.4) is 0 Å². The van der Waals surface area contributed by atoms with E-state index in [1.54, 1.807) is 18.2 Å². The molecule has 4 nitrogen and oxygen atoms in total. The SMILES string of the molecule is O[C@H](COc1c(Cl)cccc1Cl)COC1CCOCC1. The minimum atomic E-state index is -0.717. The molecule has 0 unspecified atom stereocenters. The van der Waals surface area contributed by atoms with E-state index in [2.05, 4.69) is 0 Å². The van der Waals surface area contributed by atoms with Gasteiger partial charge in [0.1, 0.15) is 12.7 Å². The lowest BCUT2D eigenvalue weighted by atomic mass is 10.1. The normalized spacial score (nSPS) is 17.9. The highest BCUT2D eigenvalue weighted by molar-refractivity contribution is 6.37. The number of hydrogen-bond donors (Lipinski definition) is 1. The van der Waals surface area contributed by atoms with Crippen molar-refractivity contribution in [3.63, 3.8) is 0 Å². The summed E-state index contributed by atoms with van der Waals surface area (Å²) in [4.78, 5) is 0. The highest BCUT2D eigenvalue weighted by Gasteiger charge is 2.17. The lowest BCUT2D eigenvalue weighted by molar-refractivity contribution is -0.0659. The van der Waals surface area contributed by atoms with Gasteiger partial charge in [0.15, 0.2) is 5.75 Å². The Balaban J connectivity index is 1.73. The van der Waals surface area contributed by atoms with Gasteiger partial charge >= 0.3 is 0 Å². The molecule has 112 valence electrons. The first-order valence-corrected chi connectivity index (χ1v) is 7.36. The van der Waals surface area contributed by atoms with Crippen LogP contribution in [0.2, 0.25) is 10.0 Å². The average molecular weight is 321 g/mol. The molecule has 0 aliphatic carbocycles. The molecule has 1 atom stereocenters. The Morgan fingerprint density at radius 2 is 1.85 bits per heavy atom. The first-order chi connectivity index (χ1) is 9.66. The quantitative estimate of drug-likeness (QED) is 0.875. The zero-order valence-corrected chi connectivity index (χ0v) is 12.6. The van der Waals surface area contributed by atoms with Crippen LogP contribution >= 0.6 is 23.2 Å². The molecule has 1 saturated heterocycles. The van der Waals surface area contributed by atoms with E-state index < -0.39 is 6.10 Å². The average Bonchev–Trinajstić information content (AvgIpc) is 2.46. The Labute approximate surface area is 128 Å². The first kappa shape index (κ1) is 15.9. The fraction of sp³-hybridized carbons (Fsp3) is 0.571. The molecular formula is C14H18Cl2O4. The number of halogens is 2. The zero-order chi connectivity index (χ0) is 14.4. The maximum atomic E-state index is 9.86. The van der Waals surface area contributed by atoms with E-state index in [-0.39, 0.29) is 19.3 Å². The van der Waals surface area contributed by atoms with Gasteiger partial charge in [0.25, 0.3) is 0 Å². The van der Waals surface area contributed by atoms with E-state index in [9.17, 15) is 5.11 Å². The third kappa shape index (κ3) is 4.79. The molecule has 0 radical (unpaired) electrons. The minimum absolute atomic E-state index is 0.0900. The summed E-state index contributed by atoms with van der Waals surface area (Å²) in [5, 5.41) is 10.7. The molecule has 0 aromatic heterocycles. The lowest BCUT2D eigenvalue weighted by Gasteiger charge is -2.23. The minimum Gasteiger partial charge on any atom is -0.488 e. The molecule has 1 aliphatic heterocycles. The Bertz CT molecular complexity index is 401. The molecule has 2 rings (SSSR count). The van der Waals surface area contributed by atoms with E-state index in [1.165, 1.54) is 0 Å². The van der Waals surface area contributed by atoms with Crippen molar-refractivity contribution in [1.82, 2.24) is 0 Å². The second-order valence-electron chi connectivity index (χ2n) is 4.66. The summed E-state index contributed by atoms with van der Waals surface area (Å²) < 4.78 is 16.3. The van der Waals surface area contributed by atoms with Gasteiger partial charge in [0.05, 0.1) is 22.8 Å². The van der Waals surface area contributed by atoms with Gasteiger partial charge in [-0.25, -0.2) is 0 Å². The molecule has 1 aliphatic rings. The standard InChI is InChI=1S/C14H18Cl2O4/c15-12-2-1-3-13(16)14(12)20-9-10(17)8-19-11-4-6-18-7-5-11/h1-3,10-11,17H,4-9H2/t10-/m0/s1. The smallest absolute Gasteiger partial charge is 0.156 e. The van der Waals surface area contributed by atoms with Gasteiger partial charge < -0.3 is 19.3 Å². The highest BCUT2D eigenvalue weighted by atomic mass is 35.5. The molecule has 1 aromatic carbocycles. The third-order valence-corrected chi connectivity index (χ3v) is 3.63. The van der Waals surface area contributed by atoms with Crippen LogP contribution in [-0.2, 0) is 9.47 Å². The maximum Gasteiger partial charge on any atom is 0.156 e. The van der Waals surface area contributed by atoms with Crippen molar-refractivity contribution < 1.29 is 19.3 Å². The summed E-state index contributed by atoms with van der Waals surface area (Å²) in [5.41, 5.74) is 0. The summed E-state index contributed by atoms with van der Waals surface area (Å²) in [6.45, 7) is 1.75. The predicted molar refractivity (Wildman–Crippen MR) is 77.8 cm³/mol. The zero-order valence-electron chi connectivity index (χ0n) is 11.1. The summed E-state index contributed by atoms with van der Waals surface area (Å²) in [6, 6.07) is 5.11. The van der Waals surface area contributed by atoms with Crippen LogP contribution in [0.15, 0.2) is 18.2 Å². The fourth-order valence-corrected chi connectivity index (χ4v) is 2.44. The van der Waals surface area contributed by atoms with Gasteiger partial charge in [-0.15, -0.1) is 0 Å². The second-order valence-corrected chi connectivity index (χ2v) is 5.48. The van der Waals surface area contributed by atoms with Crippen LogP contribution in [0.5, 0.6) is 5.75 Å². The van der Waals surface area contributed by atoms with E-state index in [0.717, 1.165) is 12.8 Å². The van der Waals surface area contributed by atoms with Gasteiger partial charge in [-0.2, -0.15) is 0 Å². The highest BCUT2D eigenvalue weighted by Crippen LogP contribution is 2.32. The number of hydrogen-bond acceptors (Lipinski definition) is 4. The Hall–Kier alpha value is -0.520. The third-order valence-electron chi connectivity index (χ3n) is 3.03. The van der Waals surface area contributed by atoms with Crippen LogP contribution in [0.4, 0.5) is 0 Å².